The molecule has 0 radical (unpaired) electrons. The standard InChI is InChI=1S/C14H18N4O/c1-11-3-4-13(19-11)12-9-16-14(17-10-12)18-7-2-5-15-6-8-18/h3-4,9-10,15H,2,5-8H2,1H3. The highest BCUT2D eigenvalue weighted by atomic mass is 16.3. The normalized spacial score (nSPS) is 16.4. The van der Waals surface area contributed by atoms with Crippen LogP contribution in [0.1, 0.15) is 12.2 Å². The molecule has 2 aromatic heterocycles. The number of nitrogens with zero attached hydrogens (tertiary/aromatic N) is 3. The molecule has 0 unspecified atom stereocenters. The van der Waals surface area contributed by atoms with Gasteiger partial charge in [-0.2, -0.15) is 0 Å². The van der Waals surface area contributed by atoms with Crippen molar-refractivity contribution in [1.82, 2.24) is 15.3 Å². The van der Waals surface area contributed by atoms with E-state index in [1.54, 1.807) is 0 Å². The molecule has 1 saturated heterocycles. The molecule has 100 valence electrons. The molecule has 3 heterocycles. The van der Waals surface area contributed by atoms with E-state index in [0.29, 0.717) is 0 Å². The summed E-state index contributed by atoms with van der Waals surface area (Å²) in [6.07, 6.45) is 4.79. The van der Waals surface area contributed by atoms with Gasteiger partial charge in [-0.25, -0.2) is 9.97 Å². The number of rotatable bonds is 2. The van der Waals surface area contributed by atoms with Gasteiger partial charge >= 0.3 is 0 Å². The molecule has 5 nitrogen and oxygen atoms in total. The average Bonchev–Trinajstić information content (AvgIpc) is 2.72. The predicted molar refractivity (Wildman–Crippen MR) is 74.2 cm³/mol. The highest BCUT2D eigenvalue weighted by molar-refractivity contribution is 5.55. The first-order chi connectivity index (χ1) is 9.33. The number of furan rings is 1. The van der Waals surface area contributed by atoms with Crippen LogP contribution < -0.4 is 10.2 Å². The van der Waals surface area contributed by atoms with Gasteiger partial charge in [0, 0.05) is 32.0 Å². The topological polar surface area (TPSA) is 54.2 Å². The number of hydrogen-bond acceptors (Lipinski definition) is 5. The van der Waals surface area contributed by atoms with Gasteiger partial charge in [-0.1, -0.05) is 0 Å². The highest BCUT2D eigenvalue weighted by Gasteiger charge is 2.12. The number of aromatic nitrogens is 2. The summed E-state index contributed by atoms with van der Waals surface area (Å²) < 4.78 is 5.57. The summed E-state index contributed by atoms with van der Waals surface area (Å²) in [6.45, 7) is 5.96. The molecule has 0 saturated carbocycles. The monoisotopic (exact) mass is 258 g/mol. The summed E-state index contributed by atoms with van der Waals surface area (Å²) in [5, 5.41) is 3.37. The van der Waals surface area contributed by atoms with Gasteiger partial charge in [0.05, 0.1) is 5.56 Å². The fourth-order valence-corrected chi connectivity index (χ4v) is 2.25. The summed E-state index contributed by atoms with van der Waals surface area (Å²) in [5.41, 5.74) is 0.921. The Kier molecular flexibility index (Phi) is 3.46. The molecule has 1 fully saturated rings. The smallest absolute Gasteiger partial charge is 0.225 e. The van der Waals surface area contributed by atoms with E-state index in [2.05, 4.69) is 20.2 Å². The Balaban J connectivity index is 1.78. The Bertz CT molecular complexity index is 527. The largest absolute Gasteiger partial charge is 0.461 e. The van der Waals surface area contributed by atoms with Crippen LogP contribution in [0.15, 0.2) is 28.9 Å². The molecule has 19 heavy (non-hydrogen) atoms. The van der Waals surface area contributed by atoms with Crippen LogP contribution in [0.3, 0.4) is 0 Å². The van der Waals surface area contributed by atoms with Crippen molar-refractivity contribution in [1.29, 1.82) is 0 Å². The molecule has 0 atom stereocenters. The fourth-order valence-electron chi connectivity index (χ4n) is 2.25. The second-order valence-corrected chi connectivity index (χ2v) is 4.77. The van der Waals surface area contributed by atoms with Crippen molar-refractivity contribution in [3.8, 4) is 11.3 Å². The van der Waals surface area contributed by atoms with Crippen molar-refractivity contribution in [3.63, 3.8) is 0 Å². The number of anilines is 1. The van der Waals surface area contributed by atoms with E-state index in [0.717, 1.165) is 55.6 Å². The van der Waals surface area contributed by atoms with Crippen LogP contribution in [0.25, 0.3) is 11.3 Å². The van der Waals surface area contributed by atoms with Crippen molar-refractivity contribution >= 4 is 5.95 Å². The maximum Gasteiger partial charge on any atom is 0.225 e. The van der Waals surface area contributed by atoms with Crippen molar-refractivity contribution in [2.24, 2.45) is 0 Å². The average molecular weight is 258 g/mol. The van der Waals surface area contributed by atoms with Crippen molar-refractivity contribution in [2.75, 3.05) is 31.1 Å². The maximum atomic E-state index is 5.57. The third-order valence-electron chi connectivity index (χ3n) is 3.29. The minimum absolute atomic E-state index is 0.802. The lowest BCUT2D eigenvalue weighted by molar-refractivity contribution is 0.548. The van der Waals surface area contributed by atoms with Gasteiger partial charge in [-0.05, 0) is 32.0 Å². The minimum Gasteiger partial charge on any atom is -0.461 e. The zero-order chi connectivity index (χ0) is 13.1. The zero-order valence-corrected chi connectivity index (χ0v) is 11.1. The van der Waals surface area contributed by atoms with Crippen LogP contribution in [0.4, 0.5) is 5.95 Å². The Hall–Kier alpha value is -1.88. The lowest BCUT2D eigenvalue weighted by Crippen LogP contribution is -2.29. The summed E-state index contributed by atoms with van der Waals surface area (Å²) >= 11 is 0. The number of aryl methyl sites for hydroxylation is 1. The lowest BCUT2D eigenvalue weighted by Gasteiger charge is -2.19. The van der Waals surface area contributed by atoms with Gasteiger partial charge in [0.2, 0.25) is 5.95 Å². The summed E-state index contributed by atoms with van der Waals surface area (Å²) in [5.74, 6) is 2.52. The third-order valence-corrected chi connectivity index (χ3v) is 3.29. The van der Waals surface area contributed by atoms with Crippen LogP contribution >= 0.6 is 0 Å². The maximum absolute atomic E-state index is 5.57. The molecule has 0 aliphatic carbocycles. The molecule has 0 bridgehead atoms. The Labute approximate surface area is 112 Å². The molecule has 5 heteroatoms. The van der Waals surface area contributed by atoms with Crippen LogP contribution in [0, 0.1) is 6.92 Å². The molecule has 0 spiro atoms. The van der Waals surface area contributed by atoms with E-state index < -0.39 is 0 Å². The van der Waals surface area contributed by atoms with Gasteiger partial charge in [0.25, 0.3) is 0 Å². The van der Waals surface area contributed by atoms with E-state index in [1.165, 1.54) is 0 Å². The van der Waals surface area contributed by atoms with E-state index in [4.69, 9.17) is 4.42 Å². The molecule has 1 aliphatic heterocycles. The molecular formula is C14H18N4O. The zero-order valence-electron chi connectivity index (χ0n) is 11.1. The molecule has 0 amide bonds. The number of nitrogens with one attached hydrogen (secondary N) is 1. The van der Waals surface area contributed by atoms with Crippen LogP contribution in [-0.4, -0.2) is 36.1 Å². The Morgan fingerprint density at radius 1 is 1.16 bits per heavy atom. The first-order valence-electron chi connectivity index (χ1n) is 6.67. The van der Waals surface area contributed by atoms with Crippen LogP contribution in [0.5, 0.6) is 0 Å². The molecular weight excluding hydrogens is 240 g/mol. The van der Waals surface area contributed by atoms with Gasteiger partial charge in [0.1, 0.15) is 11.5 Å². The quantitative estimate of drug-likeness (QED) is 0.891. The molecule has 0 aromatic carbocycles. The van der Waals surface area contributed by atoms with Gasteiger partial charge < -0.3 is 14.6 Å². The third kappa shape index (κ3) is 2.76. The number of hydrogen-bond donors (Lipinski definition) is 1. The lowest BCUT2D eigenvalue weighted by atomic mass is 10.3. The predicted octanol–water partition coefficient (Wildman–Crippen LogP) is 1.84. The summed E-state index contributed by atoms with van der Waals surface area (Å²) in [7, 11) is 0. The second-order valence-electron chi connectivity index (χ2n) is 4.77. The van der Waals surface area contributed by atoms with Crippen LogP contribution in [-0.2, 0) is 0 Å². The van der Waals surface area contributed by atoms with Crippen molar-refractivity contribution in [2.45, 2.75) is 13.3 Å². The van der Waals surface area contributed by atoms with Gasteiger partial charge in [0.15, 0.2) is 0 Å². The SMILES string of the molecule is Cc1ccc(-c2cnc(N3CCCNCC3)nc2)o1. The first-order valence-corrected chi connectivity index (χ1v) is 6.67. The second kappa shape index (κ2) is 5.40. The van der Waals surface area contributed by atoms with E-state index >= 15 is 0 Å². The van der Waals surface area contributed by atoms with Crippen molar-refractivity contribution < 1.29 is 4.42 Å². The summed E-state index contributed by atoms with van der Waals surface area (Å²) in [6, 6.07) is 3.90. The molecule has 2 aromatic rings. The van der Waals surface area contributed by atoms with E-state index in [-0.39, 0.29) is 0 Å². The van der Waals surface area contributed by atoms with Crippen LogP contribution in [0.2, 0.25) is 0 Å². The Morgan fingerprint density at radius 3 is 2.74 bits per heavy atom. The Morgan fingerprint density at radius 2 is 2.00 bits per heavy atom. The van der Waals surface area contributed by atoms with E-state index in [1.807, 2.05) is 31.5 Å². The molecule has 3 rings (SSSR count). The minimum atomic E-state index is 0.802. The molecule has 1 N–H and O–H groups in total. The first kappa shape index (κ1) is 12.2. The highest BCUT2D eigenvalue weighted by Crippen LogP contribution is 2.21. The van der Waals surface area contributed by atoms with Gasteiger partial charge in [-0.3, -0.25) is 0 Å². The van der Waals surface area contributed by atoms with Crippen molar-refractivity contribution in [3.05, 3.63) is 30.3 Å². The van der Waals surface area contributed by atoms with Gasteiger partial charge in [-0.15, -0.1) is 0 Å². The molecule has 1 aliphatic rings. The van der Waals surface area contributed by atoms with E-state index in [9.17, 15) is 0 Å². The fraction of sp³-hybridized carbons (Fsp3) is 0.429. The summed E-state index contributed by atoms with van der Waals surface area (Å²) in [4.78, 5) is 11.1.